The van der Waals surface area contributed by atoms with Gasteiger partial charge in [0.1, 0.15) is 14.9 Å². The highest BCUT2D eigenvalue weighted by molar-refractivity contribution is 6.74. The minimum absolute atomic E-state index is 0.373. The van der Waals surface area contributed by atoms with Gasteiger partial charge in [-0.05, 0) is 25.7 Å². The third kappa shape index (κ3) is 4.91. The summed E-state index contributed by atoms with van der Waals surface area (Å²) in [7, 11) is -0.599. The standard InChI is InChI=1S/C11H22O2Si/c1-2-3-4-7-10(12)14-11-8-5-6-9-13-11/h11H,2-9,14H2,1H3. The molecule has 1 atom stereocenters. The van der Waals surface area contributed by atoms with Crippen molar-refractivity contribution < 1.29 is 9.53 Å². The largest absolute Gasteiger partial charge is 0.382 e. The lowest BCUT2D eigenvalue weighted by molar-refractivity contribution is -0.112. The first-order chi connectivity index (χ1) is 6.83. The summed E-state index contributed by atoms with van der Waals surface area (Å²) in [5.74, 6) is 0. The van der Waals surface area contributed by atoms with Crippen molar-refractivity contribution in [3.63, 3.8) is 0 Å². The number of unbranched alkanes of at least 4 members (excludes halogenated alkanes) is 2. The van der Waals surface area contributed by atoms with Crippen LogP contribution in [-0.2, 0) is 9.53 Å². The maximum atomic E-state index is 11.6. The van der Waals surface area contributed by atoms with E-state index in [2.05, 4.69) is 6.92 Å². The van der Waals surface area contributed by atoms with E-state index in [-0.39, 0.29) is 0 Å². The first kappa shape index (κ1) is 11.9. The summed E-state index contributed by atoms with van der Waals surface area (Å²) in [6, 6.07) is 0. The Balaban J connectivity index is 2.06. The zero-order valence-electron chi connectivity index (χ0n) is 9.26. The third-order valence-electron chi connectivity index (χ3n) is 2.79. The highest BCUT2D eigenvalue weighted by atomic mass is 28.2. The molecule has 0 spiro atoms. The molecule has 1 heterocycles. The normalized spacial score (nSPS) is 23.1. The van der Waals surface area contributed by atoms with Crippen LogP contribution in [0.2, 0.25) is 0 Å². The molecule has 1 rings (SSSR count). The average Bonchev–Trinajstić information content (AvgIpc) is 2.20. The molecule has 0 saturated carbocycles. The van der Waals surface area contributed by atoms with Crippen LogP contribution in [0.15, 0.2) is 0 Å². The Morgan fingerprint density at radius 1 is 1.43 bits per heavy atom. The lowest BCUT2D eigenvalue weighted by atomic mass is 10.2. The highest BCUT2D eigenvalue weighted by Gasteiger charge is 2.17. The molecule has 82 valence electrons. The van der Waals surface area contributed by atoms with E-state index in [0.29, 0.717) is 11.1 Å². The Labute approximate surface area is 89.2 Å². The Kier molecular flexibility index (Phi) is 6.11. The van der Waals surface area contributed by atoms with Gasteiger partial charge in [-0.15, -0.1) is 0 Å². The quantitative estimate of drug-likeness (QED) is 0.498. The second-order valence-corrected chi connectivity index (χ2v) is 6.30. The molecule has 1 fully saturated rings. The first-order valence-corrected chi connectivity index (χ1v) is 7.48. The lowest BCUT2D eigenvalue weighted by Gasteiger charge is -2.21. The van der Waals surface area contributed by atoms with E-state index >= 15 is 0 Å². The van der Waals surface area contributed by atoms with E-state index in [1.807, 2.05) is 0 Å². The Morgan fingerprint density at radius 2 is 2.29 bits per heavy atom. The van der Waals surface area contributed by atoms with Gasteiger partial charge in [-0.25, -0.2) is 0 Å². The van der Waals surface area contributed by atoms with Crippen molar-refractivity contribution in [1.82, 2.24) is 0 Å². The molecule has 0 N–H and O–H groups in total. The average molecular weight is 214 g/mol. The molecule has 0 radical (unpaired) electrons. The van der Waals surface area contributed by atoms with Gasteiger partial charge in [0.05, 0.1) is 5.73 Å². The second kappa shape index (κ2) is 7.18. The van der Waals surface area contributed by atoms with Crippen LogP contribution in [0.1, 0.15) is 51.9 Å². The van der Waals surface area contributed by atoms with Gasteiger partial charge in [0, 0.05) is 13.0 Å². The van der Waals surface area contributed by atoms with Crippen molar-refractivity contribution in [3.05, 3.63) is 0 Å². The van der Waals surface area contributed by atoms with E-state index in [1.54, 1.807) is 0 Å². The summed E-state index contributed by atoms with van der Waals surface area (Å²) in [6.07, 6.45) is 7.91. The van der Waals surface area contributed by atoms with Gasteiger partial charge in [-0.3, -0.25) is 0 Å². The van der Waals surface area contributed by atoms with Crippen LogP contribution in [0.4, 0.5) is 0 Å². The molecular weight excluding hydrogens is 192 g/mol. The number of carbonyl (C=O) groups excluding carboxylic acids is 1. The smallest absolute Gasteiger partial charge is 0.134 e. The number of hydrogen-bond acceptors (Lipinski definition) is 2. The molecule has 2 nitrogen and oxygen atoms in total. The maximum absolute atomic E-state index is 11.6. The minimum atomic E-state index is -0.599. The van der Waals surface area contributed by atoms with Crippen LogP contribution in [-0.4, -0.2) is 27.3 Å². The van der Waals surface area contributed by atoms with Crippen LogP contribution in [0, 0.1) is 0 Å². The van der Waals surface area contributed by atoms with Crippen molar-refractivity contribution in [1.29, 1.82) is 0 Å². The molecule has 0 amide bonds. The van der Waals surface area contributed by atoms with Crippen LogP contribution in [0.5, 0.6) is 0 Å². The third-order valence-corrected chi connectivity index (χ3v) is 4.70. The van der Waals surface area contributed by atoms with Crippen LogP contribution in [0.25, 0.3) is 0 Å². The molecule has 1 saturated heterocycles. The van der Waals surface area contributed by atoms with Gasteiger partial charge < -0.3 is 9.53 Å². The molecule has 0 aromatic rings. The van der Waals surface area contributed by atoms with Crippen LogP contribution >= 0.6 is 0 Å². The first-order valence-electron chi connectivity index (χ1n) is 5.96. The summed E-state index contributed by atoms with van der Waals surface area (Å²) < 4.78 is 5.60. The summed E-state index contributed by atoms with van der Waals surface area (Å²) >= 11 is 0. The predicted octanol–water partition coefficient (Wildman–Crippen LogP) is 1.79. The van der Waals surface area contributed by atoms with Gasteiger partial charge in [-0.2, -0.15) is 0 Å². The molecule has 14 heavy (non-hydrogen) atoms. The van der Waals surface area contributed by atoms with Crippen molar-refractivity contribution in [2.24, 2.45) is 0 Å². The van der Waals surface area contributed by atoms with Crippen molar-refractivity contribution in [2.75, 3.05) is 6.61 Å². The van der Waals surface area contributed by atoms with E-state index in [0.717, 1.165) is 25.9 Å². The molecule has 0 bridgehead atoms. The molecule has 0 aromatic heterocycles. The maximum Gasteiger partial charge on any atom is 0.134 e. The molecule has 0 aliphatic carbocycles. The topological polar surface area (TPSA) is 26.3 Å². The van der Waals surface area contributed by atoms with Crippen molar-refractivity contribution in [3.8, 4) is 0 Å². The molecule has 3 heteroatoms. The SMILES string of the molecule is CCCCCC(=O)[SiH2]C1CCCCO1. The van der Waals surface area contributed by atoms with Gasteiger partial charge in [0.15, 0.2) is 0 Å². The zero-order chi connectivity index (χ0) is 10.2. The van der Waals surface area contributed by atoms with Crippen molar-refractivity contribution in [2.45, 2.75) is 57.6 Å². The van der Waals surface area contributed by atoms with Gasteiger partial charge in [0.25, 0.3) is 0 Å². The number of ether oxygens (including phenoxy) is 1. The van der Waals surface area contributed by atoms with Crippen LogP contribution < -0.4 is 0 Å². The summed E-state index contributed by atoms with van der Waals surface area (Å²) in [5.41, 5.74) is 0.373. The van der Waals surface area contributed by atoms with Crippen LogP contribution in [0.3, 0.4) is 0 Å². The Bertz CT molecular complexity index is 165. The van der Waals surface area contributed by atoms with Gasteiger partial charge in [-0.1, -0.05) is 19.8 Å². The van der Waals surface area contributed by atoms with E-state index in [4.69, 9.17) is 4.74 Å². The second-order valence-electron chi connectivity index (χ2n) is 4.19. The number of hydrogen-bond donors (Lipinski definition) is 0. The minimum Gasteiger partial charge on any atom is -0.382 e. The highest BCUT2D eigenvalue weighted by Crippen LogP contribution is 2.12. The summed E-state index contributed by atoms with van der Waals surface area (Å²) in [5, 5.41) is 0.533. The Hall–Kier alpha value is -0.153. The van der Waals surface area contributed by atoms with E-state index in [1.165, 1.54) is 25.7 Å². The molecular formula is C11H22O2Si. The fourth-order valence-corrected chi connectivity index (χ4v) is 3.64. The molecule has 1 unspecified atom stereocenters. The zero-order valence-corrected chi connectivity index (χ0v) is 10.7. The lowest BCUT2D eigenvalue weighted by Crippen LogP contribution is -2.30. The molecule has 1 aliphatic rings. The molecule has 0 aromatic carbocycles. The van der Waals surface area contributed by atoms with E-state index in [9.17, 15) is 4.79 Å². The monoisotopic (exact) mass is 214 g/mol. The fourth-order valence-electron chi connectivity index (χ4n) is 1.90. The Morgan fingerprint density at radius 3 is 2.93 bits per heavy atom. The molecule has 1 aliphatic heterocycles. The predicted molar refractivity (Wildman–Crippen MR) is 61.3 cm³/mol. The fraction of sp³-hybridized carbons (Fsp3) is 0.909. The van der Waals surface area contributed by atoms with Gasteiger partial charge >= 0.3 is 0 Å². The summed E-state index contributed by atoms with van der Waals surface area (Å²) in [6.45, 7) is 3.06. The van der Waals surface area contributed by atoms with E-state index < -0.39 is 9.52 Å². The number of rotatable bonds is 6. The summed E-state index contributed by atoms with van der Waals surface area (Å²) in [4.78, 5) is 11.6. The van der Waals surface area contributed by atoms with Crippen molar-refractivity contribution >= 4 is 14.9 Å². The van der Waals surface area contributed by atoms with Gasteiger partial charge in [0.2, 0.25) is 0 Å². The number of carbonyl (C=O) groups is 1.